The fourth-order valence-electron chi connectivity index (χ4n) is 1.61. The minimum absolute atomic E-state index is 0. The molecule has 20 heavy (non-hydrogen) atoms. The summed E-state index contributed by atoms with van der Waals surface area (Å²) in [6.45, 7) is 4.20. The molecule has 0 bridgehead atoms. The normalized spacial score (nSPS) is 10.5. The van der Waals surface area contributed by atoms with Gasteiger partial charge in [-0.3, -0.25) is 0 Å². The number of hydrogen-bond donors (Lipinski definition) is 2. The van der Waals surface area contributed by atoms with Crippen molar-refractivity contribution in [2.45, 2.75) is 38.5 Å². The average molecular weight is 320 g/mol. The van der Waals surface area contributed by atoms with Gasteiger partial charge in [0.2, 0.25) is 0 Å². The third-order valence-corrected chi connectivity index (χ3v) is 2.63. The Morgan fingerprint density at radius 1 is 0.450 bits per heavy atom. The number of hydrogen-bond acceptors (Lipinski definition) is 5. The van der Waals surface area contributed by atoms with E-state index in [4.69, 9.17) is 24.4 Å². The van der Waals surface area contributed by atoms with Gasteiger partial charge in [-0.15, -0.1) is 0 Å². The summed E-state index contributed by atoms with van der Waals surface area (Å²) >= 11 is 0. The van der Waals surface area contributed by atoms with Crippen molar-refractivity contribution in [3.05, 3.63) is 0 Å². The van der Waals surface area contributed by atoms with E-state index in [-0.39, 0.29) is 51.0 Å². The summed E-state index contributed by atoms with van der Waals surface area (Å²) in [6, 6.07) is 0. The zero-order valence-electron chi connectivity index (χ0n) is 12.0. The Balaban J connectivity index is 0. The molecule has 0 aliphatic carbocycles. The molecule has 0 saturated carbocycles. The molecule has 0 spiro atoms. The van der Waals surface area contributed by atoms with E-state index in [0.29, 0.717) is 13.2 Å². The first-order valence-electron chi connectivity index (χ1n) is 7.36. The molecular formula is C14H32CaO5. The van der Waals surface area contributed by atoms with Crippen LogP contribution in [0.25, 0.3) is 0 Å². The average Bonchev–Trinajstić information content (AvgIpc) is 2.43. The predicted molar refractivity (Wildman–Crippen MR) is 82.9 cm³/mol. The summed E-state index contributed by atoms with van der Waals surface area (Å²) in [6.07, 6.45) is 6.43. The van der Waals surface area contributed by atoms with E-state index in [2.05, 4.69) is 0 Å². The van der Waals surface area contributed by atoms with Gasteiger partial charge in [-0.05, 0) is 38.5 Å². The Morgan fingerprint density at radius 3 is 1.05 bits per heavy atom. The molecule has 0 aromatic heterocycles. The topological polar surface area (TPSA) is 68.2 Å². The number of unbranched alkanes of at least 4 members (excludes halogenated alkanes) is 4. The monoisotopic (exact) mass is 320 g/mol. The van der Waals surface area contributed by atoms with Gasteiger partial charge in [0.1, 0.15) is 0 Å². The van der Waals surface area contributed by atoms with Gasteiger partial charge in [0.25, 0.3) is 0 Å². The molecule has 0 heterocycles. The van der Waals surface area contributed by atoms with E-state index in [1.54, 1.807) is 0 Å². The van der Waals surface area contributed by atoms with Gasteiger partial charge in [0, 0.05) is 26.4 Å². The van der Waals surface area contributed by atoms with Crippen molar-refractivity contribution < 1.29 is 24.4 Å². The van der Waals surface area contributed by atoms with Gasteiger partial charge < -0.3 is 24.4 Å². The van der Waals surface area contributed by atoms with Crippen molar-refractivity contribution in [2.75, 3.05) is 52.9 Å². The van der Waals surface area contributed by atoms with Crippen LogP contribution < -0.4 is 0 Å². The Kier molecular flexibility index (Phi) is 26.1. The fourth-order valence-corrected chi connectivity index (χ4v) is 1.61. The van der Waals surface area contributed by atoms with Crippen LogP contribution in [0, 0.1) is 0 Å². The second-order valence-corrected chi connectivity index (χ2v) is 4.41. The summed E-state index contributed by atoms with van der Waals surface area (Å²) in [5.74, 6) is 0. The molecule has 0 amide bonds. The number of ether oxygens (including phenoxy) is 3. The van der Waals surface area contributed by atoms with Crippen molar-refractivity contribution in [2.24, 2.45) is 0 Å². The summed E-state index contributed by atoms with van der Waals surface area (Å²) < 4.78 is 15.9. The second-order valence-electron chi connectivity index (χ2n) is 4.41. The molecule has 0 saturated heterocycles. The second kappa shape index (κ2) is 22.3. The first-order valence-corrected chi connectivity index (χ1v) is 7.36. The van der Waals surface area contributed by atoms with Gasteiger partial charge in [0.05, 0.1) is 26.4 Å². The van der Waals surface area contributed by atoms with Gasteiger partial charge in [-0.2, -0.15) is 0 Å². The summed E-state index contributed by atoms with van der Waals surface area (Å²) in [4.78, 5) is 0. The Bertz CT molecular complexity index is 144. The summed E-state index contributed by atoms with van der Waals surface area (Å²) in [5.41, 5.74) is 0. The van der Waals surface area contributed by atoms with Crippen LogP contribution in [0.15, 0.2) is 0 Å². The van der Waals surface area contributed by atoms with Crippen molar-refractivity contribution in [1.29, 1.82) is 0 Å². The van der Waals surface area contributed by atoms with E-state index in [1.165, 1.54) is 0 Å². The Hall–Kier alpha value is 1.06. The number of aliphatic hydroxyl groups is 2. The Labute approximate surface area is 153 Å². The third-order valence-electron chi connectivity index (χ3n) is 2.63. The molecule has 0 aliphatic heterocycles. The first kappa shape index (κ1) is 23.3. The number of aliphatic hydroxyl groups excluding tert-OH is 2. The van der Waals surface area contributed by atoms with Crippen LogP contribution >= 0.6 is 0 Å². The van der Waals surface area contributed by atoms with Crippen LogP contribution in [0.3, 0.4) is 0 Å². The third kappa shape index (κ3) is 21.4. The molecule has 0 atom stereocenters. The Morgan fingerprint density at radius 2 is 0.750 bits per heavy atom. The van der Waals surface area contributed by atoms with Crippen LogP contribution in [-0.4, -0.2) is 101 Å². The van der Waals surface area contributed by atoms with Crippen LogP contribution in [0.1, 0.15) is 38.5 Å². The molecule has 0 aromatic rings. The molecule has 0 unspecified atom stereocenters. The maximum atomic E-state index is 8.51. The van der Waals surface area contributed by atoms with Crippen LogP contribution in [0.2, 0.25) is 0 Å². The van der Waals surface area contributed by atoms with Crippen molar-refractivity contribution in [1.82, 2.24) is 0 Å². The standard InChI is InChI=1S/C14H30O5.Ca.2H/c15-7-13-18-11-5-1-3-9-17-10-4-2-6-12-19-14-8-16;;;/h15-16H,1-14H2;;;. The maximum absolute atomic E-state index is 8.51. The van der Waals surface area contributed by atoms with Crippen LogP contribution in [0.4, 0.5) is 0 Å². The zero-order valence-corrected chi connectivity index (χ0v) is 12.0. The van der Waals surface area contributed by atoms with Crippen LogP contribution in [-0.2, 0) is 14.2 Å². The van der Waals surface area contributed by atoms with E-state index < -0.39 is 0 Å². The molecule has 6 heteroatoms. The minimum atomic E-state index is 0. The molecule has 0 rings (SSSR count). The van der Waals surface area contributed by atoms with Gasteiger partial charge in [-0.1, -0.05) is 0 Å². The van der Waals surface area contributed by atoms with Crippen molar-refractivity contribution in [3.8, 4) is 0 Å². The molecule has 0 fully saturated rings. The molecule has 0 radical (unpaired) electrons. The fraction of sp³-hybridized carbons (Fsp3) is 1.00. The molecule has 120 valence electrons. The summed E-state index contributed by atoms with van der Waals surface area (Å²) in [7, 11) is 0. The molecular weight excluding hydrogens is 288 g/mol. The molecule has 0 aliphatic rings. The zero-order chi connectivity index (χ0) is 14.0. The first-order chi connectivity index (χ1) is 9.41. The van der Waals surface area contributed by atoms with E-state index in [1.807, 2.05) is 0 Å². The molecule has 5 nitrogen and oxygen atoms in total. The summed E-state index contributed by atoms with van der Waals surface area (Å²) in [5, 5.41) is 17.0. The quantitative estimate of drug-likeness (QED) is 0.319. The van der Waals surface area contributed by atoms with Gasteiger partial charge >= 0.3 is 37.7 Å². The van der Waals surface area contributed by atoms with Gasteiger partial charge in [0.15, 0.2) is 0 Å². The van der Waals surface area contributed by atoms with Crippen molar-refractivity contribution >= 4 is 37.7 Å². The van der Waals surface area contributed by atoms with Crippen LogP contribution in [0.5, 0.6) is 0 Å². The molecule has 0 aromatic carbocycles. The van der Waals surface area contributed by atoms with E-state index >= 15 is 0 Å². The van der Waals surface area contributed by atoms with Crippen molar-refractivity contribution in [3.63, 3.8) is 0 Å². The van der Waals surface area contributed by atoms with Gasteiger partial charge in [-0.25, -0.2) is 0 Å². The molecule has 2 N–H and O–H groups in total. The number of rotatable bonds is 16. The van der Waals surface area contributed by atoms with E-state index in [9.17, 15) is 0 Å². The predicted octanol–water partition coefficient (Wildman–Crippen LogP) is 0.445. The van der Waals surface area contributed by atoms with E-state index in [0.717, 1.165) is 65.0 Å². The SMILES string of the molecule is OCCOCCCCCOCCCCCOCCO.[CaH2].